The first-order valence-electron chi connectivity index (χ1n) is 9.01. The first-order valence-corrected chi connectivity index (χ1v) is 9.01. The number of amides is 2. The Bertz CT molecular complexity index is 825. The molecular weight excluding hydrogens is 340 g/mol. The molecule has 2 amide bonds. The monoisotopic (exact) mass is 365 g/mol. The van der Waals surface area contributed by atoms with Gasteiger partial charge in [0, 0.05) is 11.4 Å². The zero-order valence-electron chi connectivity index (χ0n) is 15.7. The zero-order valence-corrected chi connectivity index (χ0v) is 15.7. The van der Waals surface area contributed by atoms with Crippen molar-refractivity contribution in [2.75, 3.05) is 30.3 Å². The number of hydrogen-bond donors (Lipinski definition) is 3. The van der Waals surface area contributed by atoms with E-state index in [1.807, 2.05) is 44.2 Å². The smallest absolute Gasteiger partial charge is 0.279 e. The maximum atomic E-state index is 12.4. The van der Waals surface area contributed by atoms with E-state index in [9.17, 15) is 9.59 Å². The number of benzene rings is 2. The number of carbonyl (C=O) groups is 2. The first kappa shape index (κ1) is 20.1. The highest BCUT2D eigenvalue weighted by Gasteiger charge is 2.18. The number of aryl methyl sites for hydroxylation is 1. The van der Waals surface area contributed by atoms with Gasteiger partial charge in [0.1, 0.15) is 0 Å². The van der Waals surface area contributed by atoms with Gasteiger partial charge in [-0.25, -0.2) is 0 Å². The summed E-state index contributed by atoms with van der Waals surface area (Å²) in [7, 11) is 0. The third-order valence-electron chi connectivity index (χ3n) is 4.14. The molecule has 0 spiro atoms. The van der Waals surface area contributed by atoms with Crippen molar-refractivity contribution in [1.82, 2.24) is 0 Å². The minimum Gasteiger partial charge on any atom is -0.321 e. The molecular formula is C21H25N4O2+. The molecule has 1 unspecified atom stereocenters. The Morgan fingerprint density at radius 3 is 2.22 bits per heavy atom. The molecule has 0 bridgehead atoms. The molecule has 0 aliphatic rings. The lowest BCUT2D eigenvalue weighted by Gasteiger charge is -2.18. The fraction of sp³-hybridized carbons (Fsp3) is 0.286. The van der Waals surface area contributed by atoms with Crippen LogP contribution >= 0.6 is 0 Å². The van der Waals surface area contributed by atoms with Crippen LogP contribution in [0.3, 0.4) is 0 Å². The van der Waals surface area contributed by atoms with Crippen molar-refractivity contribution in [3.05, 3.63) is 59.7 Å². The Balaban J connectivity index is 1.91. The third kappa shape index (κ3) is 6.57. The maximum Gasteiger partial charge on any atom is 0.279 e. The maximum absolute atomic E-state index is 12.4. The minimum absolute atomic E-state index is 0.112. The van der Waals surface area contributed by atoms with Crippen molar-refractivity contribution < 1.29 is 14.5 Å². The number of quaternary nitrogens is 1. The standard InChI is InChI=1S/C21H24N4O2/c1-3-12-25(15-21(27)24-19-7-5-4-6-16(19)2)14-20(26)23-18-10-8-17(13-22)9-11-18/h4-11H,3,12,14-15H2,1-2H3,(H,23,26)(H,24,27)/p+1. The van der Waals surface area contributed by atoms with Crippen LogP contribution in [0.25, 0.3) is 0 Å². The number of rotatable bonds is 8. The van der Waals surface area contributed by atoms with Gasteiger partial charge in [0.05, 0.1) is 18.2 Å². The fourth-order valence-electron chi connectivity index (χ4n) is 2.79. The summed E-state index contributed by atoms with van der Waals surface area (Å²) < 4.78 is 0. The van der Waals surface area contributed by atoms with E-state index in [2.05, 4.69) is 10.6 Å². The number of hydrogen-bond acceptors (Lipinski definition) is 3. The Kier molecular flexibility index (Phi) is 7.53. The van der Waals surface area contributed by atoms with Gasteiger partial charge in [-0.3, -0.25) is 9.59 Å². The van der Waals surface area contributed by atoms with Crippen LogP contribution in [-0.4, -0.2) is 31.4 Å². The number of para-hydroxylation sites is 1. The van der Waals surface area contributed by atoms with Crippen LogP contribution in [0.1, 0.15) is 24.5 Å². The van der Waals surface area contributed by atoms with E-state index in [4.69, 9.17) is 5.26 Å². The summed E-state index contributed by atoms with van der Waals surface area (Å²) >= 11 is 0. The van der Waals surface area contributed by atoms with E-state index in [-0.39, 0.29) is 24.9 Å². The van der Waals surface area contributed by atoms with Crippen LogP contribution in [0.4, 0.5) is 11.4 Å². The van der Waals surface area contributed by atoms with Crippen molar-refractivity contribution in [3.8, 4) is 6.07 Å². The van der Waals surface area contributed by atoms with Crippen molar-refractivity contribution in [1.29, 1.82) is 5.26 Å². The van der Waals surface area contributed by atoms with E-state index < -0.39 is 0 Å². The Hall–Kier alpha value is -3.17. The fourth-order valence-corrected chi connectivity index (χ4v) is 2.79. The van der Waals surface area contributed by atoms with Crippen LogP contribution in [0.15, 0.2) is 48.5 Å². The zero-order chi connectivity index (χ0) is 19.6. The van der Waals surface area contributed by atoms with Crippen molar-refractivity contribution in [2.45, 2.75) is 20.3 Å². The summed E-state index contributed by atoms with van der Waals surface area (Å²) in [6.07, 6.45) is 0.872. The van der Waals surface area contributed by atoms with Gasteiger partial charge in [-0.2, -0.15) is 5.26 Å². The second kappa shape index (κ2) is 10.1. The SMILES string of the molecule is CCC[NH+](CC(=O)Nc1ccc(C#N)cc1)CC(=O)Nc1ccccc1C. The molecule has 3 N–H and O–H groups in total. The molecule has 0 aliphatic heterocycles. The molecule has 2 rings (SSSR count). The molecule has 0 aromatic heterocycles. The molecule has 140 valence electrons. The van der Waals surface area contributed by atoms with Gasteiger partial charge in [0.2, 0.25) is 0 Å². The second-order valence-corrected chi connectivity index (χ2v) is 6.45. The number of nitrogens with one attached hydrogen (secondary N) is 3. The lowest BCUT2D eigenvalue weighted by atomic mass is 10.2. The van der Waals surface area contributed by atoms with E-state index in [0.29, 0.717) is 11.3 Å². The largest absolute Gasteiger partial charge is 0.321 e. The molecule has 0 saturated carbocycles. The summed E-state index contributed by atoms with van der Waals surface area (Å²) in [6.45, 7) is 5.12. The van der Waals surface area contributed by atoms with Gasteiger partial charge in [0.25, 0.3) is 11.8 Å². The summed E-state index contributed by atoms with van der Waals surface area (Å²) in [5, 5.41) is 14.5. The van der Waals surface area contributed by atoms with E-state index in [1.165, 1.54) is 0 Å². The van der Waals surface area contributed by atoms with Gasteiger partial charge in [-0.1, -0.05) is 25.1 Å². The molecule has 6 nitrogen and oxygen atoms in total. The van der Waals surface area contributed by atoms with E-state index >= 15 is 0 Å². The van der Waals surface area contributed by atoms with Crippen LogP contribution in [0, 0.1) is 18.3 Å². The molecule has 1 atom stereocenters. The van der Waals surface area contributed by atoms with Crippen molar-refractivity contribution in [3.63, 3.8) is 0 Å². The van der Waals surface area contributed by atoms with Gasteiger partial charge in [0.15, 0.2) is 13.1 Å². The third-order valence-corrected chi connectivity index (χ3v) is 4.14. The lowest BCUT2D eigenvalue weighted by Crippen LogP contribution is -3.14. The van der Waals surface area contributed by atoms with Gasteiger partial charge in [-0.15, -0.1) is 0 Å². The average molecular weight is 365 g/mol. The Morgan fingerprint density at radius 1 is 1.00 bits per heavy atom. The Labute approximate surface area is 159 Å². The number of nitriles is 1. The topological polar surface area (TPSA) is 86.4 Å². The number of nitrogens with zero attached hydrogens (tertiary/aromatic N) is 1. The summed E-state index contributed by atoms with van der Waals surface area (Å²) in [5.41, 5.74) is 2.97. The molecule has 0 fully saturated rings. The quantitative estimate of drug-likeness (QED) is 0.666. The summed E-state index contributed by atoms with van der Waals surface area (Å²) in [4.78, 5) is 25.6. The van der Waals surface area contributed by atoms with Crippen LogP contribution in [0.2, 0.25) is 0 Å². The summed E-state index contributed by atoms with van der Waals surface area (Å²) in [5.74, 6) is -0.272. The molecule has 27 heavy (non-hydrogen) atoms. The van der Waals surface area contributed by atoms with E-state index in [0.717, 1.165) is 29.1 Å². The first-order chi connectivity index (χ1) is 13.0. The molecule has 0 radical (unpaired) electrons. The average Bonchev–Trinajstić information content (AvgIpc) is 2.64. The van der Waals surface area contributed by atoms with Crippen molar-refractivity contribution in [2.24, 2.45) is 0 Å². The Morgan fingerprint density at radius 2 is 1.63 bits per heavy atom. The number of anilines is 2. The van der Waals surface area contributed by atoms with Crippen LogP contribution in [-0.2, 0) is 9.59 Å². The molecule has 6 heteroatoms. The predicted octanol–water partition coefficient (Wildman–Crippen LogP) is 1.74. The van der Waals surface area contributed by atoms with Crippen LogP contribution < -0.4 is 15.5 Å². The van der Waals surface area contributed by atoms with E-state index in [1.54, 1.807) is 24.3 Å². The number of carbonyl (C=O) groups excluding carboxylic acids is 2. The minimum atomic E-state index is -0.160. The van der Waals surface area contributed by atoms with Gasteiger partial charge < -0.3 is 15.5 Å². The highest BCUT2D eigenvalue weighted by Crippen LogP contribution is 2.12. The van der Waals surface area contributed by atoms with Crippen molar-refractivity contribution >= 4 is 23.2 Å². The summed E-state index contributed by atoms with van der Waals surface area (Å²) in [6, 6.07) is 16.4. The lowest BCUT2D eigenvalue weighted by molar-refractivity contribution is -0.883. The predicted molar refractivity (Wildman–Crippen MR) is 105 cm³/mol. The second-order valence-electron chi connectivity index (χ2n) is 6.45. The molecule has 2 aromatic carbocycles. The molecule has 0 aliphatic carbocycles. The molecule has 0 heterocycles. The highest BCUT2D eigenvalue weighted by atomic mass is 16.2. The molecule has 2 aromatic rings. The van der Waals surface area contributed by atoms with Gasteiger partial charge >= 0.3 is 0 Å². The van der Waals surface area contributed by atoms with Gasteiger partial charge in [-0.05, 0) is 49.2 Å². The molecule has 0 saturated heterocycles. The normalized spacial score (nSPS) is 11.3. The highest BCUT2D eigenvalue weighted by molar-refractivity contribution is 5.93. The van der Waals surface area contributed by atoms with Crippen LogP contribution in [0.5, 0.6) is 0 Å².